The fourth-order valence-electron chi connectivity index (χ4n) is 5.10. The molecule has 12 heteroatoms. The SMILES string of the molecule is CO[C@@H]1CN(C)C(=O)c2ccc(NC(=O)C3CCOCC3)cc2OC[C@@H](C)N(S(=O)(=O)c2ccc(Cl)cc2)C[C@H]1C. The molecule has 1 saturated heterocycles. The first-order valence-electron chi connectivity index (χ1n) is 13.7. The normalized spacial score (nSPS) is 23.6. The second kappa shape index (κ2) is 13.5. The number of sulfonamides is 1. The van der Waals surface area contributed by atoms with E-state index in [2.05, 4.69) is 5.32 Å². The van der Waals surface area contributed by atoms with E-state index < -0.39 is 22.2 Å². The Balaban J connectivity index is 1.67. The van der Waals surface area contributed by atoms with Crippen molar-refractivity contribution in [2.75, 3.05) is 52.4 Å². The van der Waals surface area contributed by atoms with Crippen LogP contribution in [-0.2, 0) is 24.3 Å². The molecule has 1 N–H and O–H groups in total. The van der Waals surface area contributed by atoms with E-state index >= 15 is 0 Å². The van der Waals surface area contributed by atoms with E-state index in [1.807, 2.05) is 6.92 Å². The minimum absolute atomic E-state index is 0.0292. The molecule has 4 rings (SSSR count). The number of nitrogens with one attached hydrogen (secondary N) is 1. The summed E-state index contributed by atoms with van der Waals surface area (Å²) in [5.74, 6) is -0.532. The number of halogens is 1. The summed E-state index contributed by atoms with van der Waals surface area (Å²) >= 11 is 6.01. The van der Waals surface area contributed by atoms with Crippen molar-refractivity contribution in [3.8, 4) is 5.75 Å². The largest absolute Gasteiger partial charge is 0.491 e. The van der Waals surface area contributed by atoms with Crippen molar-refractivity contribution >= 4 is 39.1 Å². The van der Waals surface area contributed by atoms with Gasteiger partial charge in [-0.1, -0.05) is 18.5 Å². The molecule has 0 saturated carbocycles. The van der Waals surface area contributed by atoms with Gasteiger partial charge in [-0.15, -0.1) is 0 Å². The number of hydrogen-bond donors (Lipinski definition) is 1. The lowest BCUT2D eigenvalue weighted by Gasteiger charge is -2.35. The number of anilines is 1. The summed E-state index contributed by atoms with van der Waals surface area (Å²) in [5.41, 5.74) is 0.795. The van der Waals surface area contributed by atoms with Crippen molar-refractivity contribution in [2.24, 2.45) is 11.8 Å². The molecule has 2 aromatic rings. The van der Waals surface area contributed by atoms with Gasteiger partial charge in [0.25, 0.3) is 5.91 Å². The molecule has 2 heterocycles. The molecule has 2 aliphatic rings. The summed E-state index contributed by atoms with van der Waals surface area (Å²) in [6.45, 7) is 5.10. The third-order valence-electron chi connectivity index (χ3n) is 7.67. The van der Waals surface area contributed by atoms with Crippen molar-refractivity contribution in [1.82, 2.24) is 9.21 Å². The van der Waals surface area contributed by atoms with Crippen molar-refractivity contribution < 1.29 is 32.2 Å². The van der Waals surface area contributed by atoms with Crippen LogP contribution in [-0.4, -0.2) is 88.7 Å². The summed E-state index contributed by atoms with van der Waals surface area (Å²) in [4.78, 5) is 28.0. The molecular weight excluding hydrogens is 570 g/mol. The van der Waals surface area contributed by atoms with Gasteiger partial charge in [0.2, 0.25) is 15.9 Å². The number of likely N-dealkylation sites (N-methyl/N-ethyl adjacent to an activating group) is 1. The van der Waals surface area contributed by atoms with Gasteiger partial charge in [-0.05, 0) is 62.1 Å². The number of methoxy groups -OCH3 is 1. The van der Waals surface area contributed by atoms with E-state index in [0.717, 1.165) is 0 Å². The highest BCUT2D eigenvalue weighted by Gasteiger charge is 2.35. The van der Waals surface area contributed by atoms with Gasteiger partial charge >= 0.3 is 0 Å². The number of hydrogen-bond acceptors (Lipinski definition) is 7. The van der Waals surface area contributed by atoms with Crippen LogP contribution in [0.2, 0.25) is 5.02 Å². The minimum atomic E-state index is -3.93. The van der Waals surface area contributed by atoms with Crippen LogP contribution in [0.4, 0.5) is 5.69 Å². The lowest BCUT2D eigenvalue weighted by molar-refractivity contribution is -0.122. The van der Waals surface area contributed by atoms with E-state index in [1.165, 1.54) is 21.3 Å². The van der Waals surface area contributed by atoms with Crippen molar-refractivity contribution in [3.05, 3.63) is 53.1 Å². The number of carbonyl (C=O) groups is 2. The van der Waals surface area contributed by atoms with Gasteiger partial charge in [-0.3, -0.25) is 9.59 Å². The fraction of sp³-hybridized carbons (Fsp3) is 0.517. The van der Waals surface area contributed by atoms with Crippen molar-refractivity contribution in [3.63, 3.8) is 0 Å². The second-order valence-electron chi connectivity index (χ2n) is 10.7. The Bertz CT molecular complexity index is 1330. The number of nitrogens with zero attached hydrogens (tertiary/aromatic N) is 2. The maximum atomic E-state index is 13.8. The minimum Gasteiger partial charge on any atom is -0.491 e. The van der Waals surface area contributed by atoms with E-state index in [4.69, 9.17) is 25.8 Å². The van der Waals surface area contributed by atoms with Crippen molar-refractivity contribution in [1.29, 1.82) is 0 Å². The monoisotopic (exact) mass is 607 g/mol. The molecule has 3 atom stereocenters. The quantitative estimate of drug-likeness (QED) is 0.548. The highest BCUT2D eigenvalue weighted by Crippen LogP contribution is 2.29. The second-order valence-corrected chi connectivity index (χ2v) is 13.0. The summed E-state index contributed by atoms with van der Waals surface area (Å²) in [6.07, 6.45) is 0.858. The highest BCUT2D eigenvalue weighted by molar-refractivity contribution is 7.89. The number of rotatable bonds is 5. The zero-order valence-electron chi connectivity index (χ0n) is 23.8. The molecule has 0 radical (unpaired) electrons. The van der Waals surface area contributed by atoms with Gasteiger partial charge in [0.15, 0.2) is 0 Å². The zero-order valence-corrected chi connectivity index (χ0v) is 25.4. The van der Waals surface area contributed by atoms with Gasteiger partial charge in [0.1, 0.15) is 12.4 Å². The maximum absolute atomic E-state index is 13.8. The van der Waals surface area contributed by atoms with Crippen LogP contribution < -0.4 is 10.1 Å². The lowest BCUT2D eigenvalue weighted by Crippen LogP contribution is -2.48. The van der Waals surface area contributed by atoms with Gasteiger partial charge in [-0.2, -0.15) is 4.31 Å². The first-order valence-corrected chi connectivity index (χ1v) is 15.5. The van der Waals surface area contributed by atoms with Crippen LogP contribution in [0.5, 0.6) is 5.75 Å². The summed E-state index contributed by atoms with van der Waals surface area (Å²) < 4.78 is 46.3. The Hall–Kier alpha value is -2.70. The number of benzene rings is 2. The fourth-order valence-corrected chi connectivity index (χ4v) is 6.94. The number of amides is 2. The molecule has 2 amide bonds. The maximum Gasteiger partial charge on any atom is 0.257 e. The predicted octanol–water partition coefficient (Wildman–Crippen LogP) is 3.90. The van der Waals surface area contributed by atoms with Gasteiger partial charge in [-0.25, -0.2) is 8.42 Å². The van der Waals surface area contributed by atoms with Crippen LogP contribution in [0.1, 0.15) is 37.0 Å². The average Bonchev–Trinajstić information content (AvgIpc) is 2.97. The number of fused-ring (bicyclic) bond motifs is 1. The summed E-state index contributed by atoms with van der Waals surface area (Å²) in [7, 11) is -0.706. The van der Waals surface area contributed by atoms with Crippen LogP contribution >= 0.6 is 11.6 Å². The summed E-state index contributed by atoms with van der Waals surface area (Å²) in [6, 6.07) is 10.4. The molecule has 41 heavy (non-hydrogen) atoms. The average molecular weight is 608 g/mol. The third kappa shape index (κ3) is 7.39. The molecule has 0 aliphatic carbocycles. The highest BCUT2D eigenvalue weighted by atomic mass is 35.5. The molecule has 10 nitrogen and oxygen atoms in total. The first kappa shape index (κ1) is 31.2. The Labute approximate surface area is 246 Å². The number of carbonyl (C=O) groups excluding carboxylic acids is 2. The third-order valence-corrected chi connectivity index (χ3v) is 9.92. The molecular formula is C29H38ClN3O7S. The van der Waals surface area contributed by atoms with Crippen LogP contribution in [0.25, 0.3) is 0 Å². The van der Waals surface area contributed by atoms with Crippen LogP contribution in [0.3, 0.4) is 0 Å². The van der Waals surface area contributed by atoms with E-state index in [9.17, 15) is 18.0 Å². The Kier molecular flexibility index (Phi) is 10.3. The molecule has 2 aliphatic heterocycles. The molecule has 1 fully saturated rings. The standard InChI is InChI=1S/C29H38ClN3O7S/c1-19-16-33(41(36,37)24-8-5-22(30)6-9-24)20(2)18-40-26-15-23(31-28(34)21-11-13-39-14-12-21)7-10-25(26)29(35)32(3)17-27(19)38-4/h5-10,15,19-21,27H,11-14,16-18H2,1-4H3,(H,31,34)/t19-,20-,27-/m1/s1. The topological polar surface area (TPSA) is 114 Å². The number of ether oxygens (including phenoxy) is 3. The molecule has 0 bridgehead atoms. The smallest absolute Gasteiger partial charge is 0.257 e. The summed E-state index contributed by atoms with van der Waals surface area (Å²) in [5, 5.41) is 3.37. The van der Waals surface area contributed by atoms with Crippen molar-refractivity contribution in [2.45, 2.75) is 43.7 Å². The predicted molar refractivity (Wildman–Crippen MR) is 156 cm³/mol. The Morgan fingerprint density at radius 1 is 1.07 bits per heavy atom. The molecule has 0 unspecified atom stereocenters. The lowest BCUT2D eigenvalue weighted by atomic mass is 9.99. The Morgan fingerprint density at radius 3 is 2.41 bits per heavy atom. The molecule has 0 aromatic heterocycles. The van der Waals surface area contributed by atoms with Gasteiger partial charge < -0.3 is 24.4 Å². The van der Waals surface area contributed by atoms with Crippen LogP contribution in [0.15, 0.2) is 47.4 Å². The Morgan fingerprint density at radius 2 is 1.76 bits per heavy atom. The van der Waals surface area contributed by atoms with E-state index in [0.29, 0.717) is 42.3 Å². The van der Waals surface area contributed by atoms with Crippen LogP contribution in [0, 0.1) is 11.8 Å². The van der Waals surface area contributed by atoms with Gasteiger partial charge in [0.05, 0.1) is 22.6 Å². The zero-order chi connectivity index (χ0) is 29.7. The van der Waals surface area contributed by atoms with E-state index in [1.54, 1.807) is 51.4 Å². The molecule has 224 valence electrons. The van der Waals surface area contributed by atoms with E-state index in [-0.39, 0.29) is 54.0 Å². The molecule has 2 aromatic carbocycles. The molecule has 0 spiro atoms. The first-order chi connectivity index (χ1) is 19.5. The van der Waals surface area contributed by atoms with Gasteiger partial charge in [0, 0.05) is 63.2 Å².